The Labute approximate surface area is 174 Å². The molecule has 3 aromatic rings. The van der Waals surface area contributed by atoms with Crippen LogP contribution in [-0.4, -0.2) is 30.3 Å². The molecule has 2 aliphatic heterocycles. The van der Waals surface area contributed by atoms with Crippen molar-refractivity contribution in [2.45, 2.75) is 18.9 Å². The maximum atomic E-state index is 13.7. The van der Waals surface area contributed by atoms with Gasteiger partial charge in [0.25, 0.3) is 11.8 Å². The Morgan fingerprint density at radius 2 is 1.86 bits per heavy atom. The van der Waals surface area contributed by atoms with Gasteiger partial charge < -0.3 is 14.2 Å². The van der Waals surface area contributed by atoms with E-state index in [1.165, 1.54) is 9.80 Å². The monoisotopic (exact) mass is 452 g/mol. The number of hydrogen-bond donors (Lipinski definition) is 0. The molecule has 2 amide bonds. The maximum absolute atomic E-state index is 13.7. The van der Waals surface area contributed by atoms with E-state index < -0.39 is 11.4 Å². The number of nitrogens with zero attached hydrogens (tertiary/aromatic N) is 2. The number of amides is 2. The van der Waals surface area contributed by atoms with Gasteiger partial charge in [-0.15, -0.1) is 0 Å². The van der Waals surface area contributed by atoms with Gasteiger partial charge in [-0.05, 0) is 30.7 Å². The van der Waals surface area contributed by atoms with Crippen LogP contribution in [-0.2, 0) is 10.3 Å². The van der Waals surface area contributed by atoms with Crippen LogP contribution in [0.2, 0.25) is 0 Å². The molecule has 0 saturated carbocycles. The minimum absolute atomic E-state index is 0.0447. The zero-order valence-corrected chi connectivity index (χ0v) is 17.4. The highest BCUT2D eigenvalue weighted by atomic mass is 79.9. The summed E-state index contributed by atoms with van der Waals surface area (Å²) in [5.41, 5.74) is -0.0879. The number of halogens is 1. The largest absolute Gasteiger partial charge is 0.450 e. The van der Waals surface area contributed by atoms with E-state index in [0.717, 1.165) is 4.47 Å². The smallest absolute Gasteiger partial charge is 0.291 e. The van der Waals surface area contributed by atoms with Crippen molar-refractivity contribution in [3.8, 4) is 0 Å². The van der Waals surface area contributed by atoms with Crippen LogP contribution >= 0.6 is 15.9 Å². The van der Waals surface area contributed by atoms with E-state index in [9.17, 15) is 14.4 Å². The lowest BCUT2D eigenvalue weighted by Gasteiger charge is -2.33. The first-order valence-corrected chi connectivity index (χ1v) is 10.2. The molecule has 146 valence electrons. The number of rotatable bonds is 2. The number of fused-ring (bicyclic) bond motifs is 5. The zero-order chi connectivity index (χ0) is 20.5. The molecule has 1 spiro atoms. The lowest BCUT2D eigenvalue weighted by atomic mass is 9.84. The van der Waals surface area contributed by atoms with Crippen LogP contribution in [0.5, 0.6) is 0 Å². The SMILES string of the molecule is CCCN1C(=O)c2oc3ccc(Br)cc3c(=O)c2C12C(=O)N(C)c1ccccc12. The van der Waals surface area contributed by atoms with Crippen molar-refractivity contribution in [3.05, 3.63) is 74.0 Å². The molecule has 1 unspecified atom stereocenters. The third kappa shape index (κ3) is 2.08. The van der Waals surface area contributed by atoms with Crippen LogP contribution in [0.3, 0.4) is 0 Å². The van der Waals surface area contributed by atoms with Gasteiger partial charge in [0, 0.05) is 29.3 Å². The van der Waals surface area contributed by atoms with E-state index in [4.69, 9.17) is 4.42 Å². The third-order valence-electron chi connectivity index (χ3n) is 5.78. The van der Waals surface area contributed by atoms with Crippen molar-refractivity contribution < 1.29 is 14.0 Å². The number of likely N-dealkylation sites (N-methyl/N-ethyl adjacent to an activating group) is 1. The van der Waals surface area contributed by atoms with Crippen LogP contribution in [0.25, 0.3) is 11.0 Å². The summed E-state index contributed by atoms with van der Waals surface area (Å²) in [5, 5.41) is 0.337. The Hall–Kier alpha value is -2.93. The number of carbonyl (C=O) groups excluding carboxylic acids is 2. The van der Waals surface area contributed by atoms with Gasteiger partial charge in [-0.1, -0.05) is 41.1 Å². The summed E-state index contributed by atoms with van der Waals surface area (Å²) in [6, 6.07) is 12.4. The second kappa shape index (κ2) is 6.03. The van der Waals surface area contributed by atoms with E-state index in [1.807, 2.05) is 31.2 Å². The van der Waals surface area contributed by atoms with E-state index in [-0.39, 0.29) is 22.7 Å². The van der Waals surface area contributed by atoms with Crippen LogP contribution in [0.15, 0.2) is 56.1 Å². The average Bonchev–Trinajstić information content (AvgIpc) is 3.09. The average molecular weight is 453 g/mol. The molecule has 7 heteroatoms. The molecule has 0 aliphatic carbocycles. The topological polar surface area (TPSA) is 70.8 Å². The molecule has 0 bridgehead atoms. The van der Waals surface area contributed by atoms with Gasteiger partial charge >= 0.3 is 0 Å². The van der Waals surface area contributed by atoms with Gasteiger partial charge in [0.15, 0.2) is 11.0 Å². The van der Waals surface area contributed by atoms with E-state index >= 15 is 0 Å². The molecule has 0 radical (unpaired) electrons. The van der Waals surface area contributed by atoms with E-state index in [1.54, 1.807) is 25.2 Å². The normalized spacial score (nSPS) is 20.1. The summed E-state index contributed by atoms with van der Waals surface area (Å²) in [6.07, 6.45) is 0.639. The molecule has 5 rings (SSSR count). The summed E-state index contributed by atoms with van der Waals surface area (Å²) in [5.74, 6) is -0.792. The van der Waals surface area contributed by atoms with Crippen molar-refractivity contribution in [2.75, 3.05) is 18.5 Å². The molecular formula is C22H17BrN2O4. The third-order valence-corrected chi connectivity index (χ3v) is 6.27. The van der Waals surface area contributed by atoms with Gasteiger partial charge in [-0.2, -0.15) is 0 Å². The van der Waals surface area contributed by atoms with Gasteiger partial charge in [-0.25, -0.2) is 0 Å². The Kier molecular flexibility index (Phi) is 3.77. The summed E-state index contributed by atoms with van der Waals surface area (Å²) in [6.45, 7) is 2.26. The van der Waals surface area contributed by atoms with Crippen molar-refractivity contribution in [3.63, 3.8) is 0 Å². The van der Waals surface area contributed by atoms with Crippen LogP contribution < -0.4 is 10.3 Å². The summed E-state index contributed by atoms with van der Waals surface area (Å²) in [7, 11) is 1.67. The number of benzene rings is 2. The minimum Gasteiger partial charge on any atom is -0.450 e. The Morgan fingerprint density at radius 3 is 2.62 bits per heavy atom. The van der Waals surface area contributed by atoms with Crippen molar-refractivity contribution >= 4 is 44.4 Å². The van der Waals surface area contributed by atoms with Crippen LogP contribution in [0, 0.1) is 0 Å². The molecule has 0 saturated heterocycles. The number of carbonyl (C=O) groups is 2. The molecule has 2 aliphatic rings. The first-order chi connectivity index (χ1) is 13.9. The van der Waals surface area contributed by atoms with Gasteiger partial charge in [0.2, 0.25) is 5.76 Å². The molecular weight excluding hydrogens is 436 g/mol. The minimum atomic E-state index is -1.50. The quantitative estimate of drug-likeness (QED) is 0.594. The first kappa shape index (κ1) is 18.1. The maximum Gasteiger partial charge on any atom is 0.291 e. The van der Waals surface area contributed by atoms with Crippen LogP contribution in [0.4, 0.5) is 5.69 Å². The predicted octanol–water partition coefficient (Wildman–Crippen LogP) is 3.64. The second-order valence-corrected chi connectivity index (χ2v) is 8.24. The van der Waals surface area contributed by atoms with Crippen molar-refractivity contribution in [1.82, 2.24) is 4.90 Å². The molecule has 0 fully saturated rings. The summed E-state index contributed by atoms with van der Waals surface area (Å²) >= 11 is 3.38. The second-order valence-electron chi connectivity index (χ2n) is 7.32. The van der Waals surface area contributed by atoms with Gasteiger partial charge in [-0.3, -0.25) is 14.4 Å². The fourth-order valence-corrected chi connectivity index (χ4v) is 4.95. The fraction of sp³-hybridized carbons (Fsp3) is 0.227. The first-order valence-electron chi connectivity index (χ1n) is 9.39. The van der Waals surface area contributed by atoms with Crippen LogP contribution in [0.1, 0.15) is 35.0 Å². The van der Waals surface area contributed by atoms with E-state index in [2.05, 4.69) is 15.9 Å². The highest BCUT2D eigenvalue weighted by Crippen LogP contribution is 2.52. The molecule has 29 heavy (non-hydrogen) atoms. The highest BCUT2D eigenvalue weighted by molar-refractivity contribution is 9.10. The lowest BCUT2D eigenvalue weighted by Crippen LogP contribution is -2.53. The number of hydrogen-bond acceptors (Lipinski definition) is 4. The summed E-state index contributed by atoms with van der Waals surface area (Å²) in [4.78, 5) is 43.7. The molecule has 1 aromatic heterocycles. The molecule has 1 atom stereocenters. The zero-order valence-electron chi connectivity index (χ0n) is 15.9. The number of anilines is 1. The predicted molar refractivity (Wildman–Crippen MR) is 112 cm³/mol. The lowest BCUT2D eigenvalue weighted by molar-refractivity contribution is -0.125. The molecule has 2 aromatic carbocycles. The molecule has 0 N–H and O–H groups in total. The Bertz CT molecular complexity index is 1280. The Morgan fingerprint density at radius 1 is 1.10 bits per heavy atom. The summed E-state index contributed by atoms with van der Waals surface area (Å²) < 4.78 is 6.65. The van der Waals surface area contributed by atoms with Gasteiger partial charge in [0.1, 0.15) is 5.58 Å². The Balaban J connectivity index is 1.96. The molecule has 3 heterocycles. The molecule has 6 nitrogen and oxygen atoms in total. The van der Waals surface area contributed by atoms with Crippen molar-refractivity contribution in [1.29, 1.82) is 0 Å². The van der Waals surface area contributed by atoms with E-state index in [0.29, 0.717) is 35.2 Å². The standard InChI is InChI=1S/C22H17BrN2O4/c1-3-10-25-20(27)19-17(18(26)13-11-12(23)8-9-16(13)29-19)22(25)14-6-4-5-7-15(14)24(2)21(22)28/h4-9,11H,3,10H2,1-2H3. The van der Waals surface area contributed by atoms with Gasteiger partial charge in [0.05, 0.1) is 10.9 Å². The number of para-hydroxylation sites is 1. The van der Waals surface area contributed by atoms with Crippen molar-refractivity contribution in [2.24, 2.45) is 0 Å². The fourth-order valence-electron chi connectivity index (χ4n) is 4.59. The highest BCUT2D eigenvalue weighted by Gasteiger charge is 2.64.